The van der Waals surface area contributed by atoms with Gasteiger partial charge in [-0.2, -0.15) is 4.31 Å². The van der Waals surface area contributed by atoms with Crippen molar-refractivity contribution >= 4 is 10.0 Å². The zero-order valence-electron chi connectivity index (χ0n) is 12.3. The first-order valence-electron chi connectivity index (χ1n) is 7.44. The maximum absolute atomic E-state index is 14.0. The van der Waals surface area contributed by atoms with Crippen LogP contribution >= 0.6 is 0 Å². The van der Waals surface area contributed by atoms with Crippen LogP contribution in [0.1, 0.15) is 18.9 Å². The Morgan fingerprint density at radius 2 is 2.14 bits per heavy atom. The van der Waals surface area contributed by atoms with Crippen LogP contribution < -0.4 is 5.32 Å². The molecular formula is C15H21FN2O2S. The summed E-state index contributed by atoms with van der Waals surface area (Å²) >= 11 is 0. The van der Waals surface area contributed by atoms with Crippen LogP contribution in [0.15, 0.2) is 23.1 Å². The Labute approximate surface area is 125 Å². The number of nitrogens with one attached hydrogen (secondary N) is 1. The molecule has 2 saturated heterocycles. The van der Waals surface area contributed by atoms with Crippen LogP contribution in [-0.2, 0) is 10.0 Å². The SMILES string of the molecule is CCC1C2CNCC2CN1S(=O)(=O)c1cc(C)ccc1F. The van der Waals surface area contributed by atoms with Gasteiger partial charge >= 0.3 is 0 Å². The zero-order valence-corrected chi connectivity index (χ0v) is 13.2. The predicted octanol–water partition coefficient (Wildman–Crippen LogP) is 1.75. The third-order valence-electron chi connectivity index (χ3n) is 4.76. The first kappa shape index (κ1) is 14.9. The van der Waals surface area contributed by atoms with Crippen molar-refractivity contribution in [3.63, 3.8) is 0 Å². The van der Waals surface area contributed by atoms with Gasteiger partial charge in [-0.05, 0) is 56.0 Å². The van der Waals surface area contributed by atoms with Gasteiger partial charge in [0.1, 0.15) is 10.7 Å². The van der Waals surface area contributed by atoms with E-state index in [2.05, 4.69) is 5.32 Å². The average Bonchev–Trinajstić information content (AvgIpc) is 3.01. The van der Waals surface area contributed by atoms with E-state index in [4.69, 9.17) is 0 Å². The maximum Gasteiger partial charge on any atom is 0.246 e. The van der Waals surface area contributed by atoms with Gasteiger partial charge < -0.3 is 5.32 Å². The molecule has 1 aromatic rings. The summed E-state index contributed by atoms with van der Waals surface area (Å²) in [5.41, 5.74) is 0.754. The number of rotatable bonds is 3. The molecule has 0 amide bonds. The van der Waals surface area contributed by atoms with Gasteiger partial charge in [-0.25, -0.2) is 12.8 Å². The molecule has 3 atom stereocenters. The lowest BCUT2D eigenvalue weighted by molar-refractivity contribution is 0.327. The average molecular weight is 312 g/mol. The van der Waals surface area contributed by atoms with Crippen LogP contribution in [0.5, 0.6) is 0 Å². The second-order valence-electron chi connectivity index (χ2n) is 6.07. The van der Waals surface area contributed by atoms with E-state index in [0.29, 0.717) is 18.4 Å². The van der Waals surface area contributed by atoms with E-state index in [1.807, 2.05) is 6.92 Å². The Morgan fingerprint density at radius 1 is 1.38 bits per heavy atom. The Hall–Kier alpha value is -0.980. The van der Waals surface area contributed by atoms with Crippen LogP contribution in [0.3, 0.4) is 0 Å². The van der Waals surface area contributed by atoms with Gasteiger partial charge in [0.15, 0.2) is 0 Å². The summed E-state index contributed by atoms with van der Waals surface area (Å²) < 4.78 is 41.3. The molecule has 21 heavy (non-hydrogen) atoms. The number of halogens is 1. The van der Waals surface area contributed by atoms with Crippen molar-refractivity contribution in [2.45, 2.75) is 31.2 Å². The van der Waals surface area contributed by atoms with E-state index in [0.717, 1.165) is 25.1 Å². The zero-order chi connectivity index (χ0) is 15.2. The maximum atomic E-state index is 14.0. The number of fused-ring (bicyclic) bond motifs is 1. The van der Waals surface area contributed by atoms with Crippen molar-refractivity contribution in [1.82, 2.24) is 9.62 Å². The molecule has 1 aromatic carbocycles. The van der Waals surface area contributed by atoms with Gasteiger partial charge in [-0.1, -0.05) is 13.0 Å². The molecule has 0 radical (unpaired) electrons. The topological polar surface area (TPSA) is 49.4 Å². The fraction of sp³-hybridized carbons (Fsp3) is 0.600. The molecule has 116 valence electrons. The number of benzene rings is 1. The minimum absolute atomic E-state index is 0.0325. The van der Waals surface area contributed by atoms with Crippen LogP contribution in [0.4, 0.5) is 4.39 Å². The number of sulfonamides is 1. The third-order valence-corrected chi connectivity index (χ3v) is 6.67. The minimum atomic E-state index is -3.76. The lowest BCUT2D eigenvalue weighted by Gasteiger charge is -2.26. The summed E-state index contributed by atoms with van der Waals surface area (Å²) in [6.45, 7) is 5.97. The number of nitrogens with zero attached hydrogens (tertiary/aromatic N) is 1. The van der Waals surface area contributed by atoms with Crippen LogP contribution in [0.25, 0.3) is 0 Å². The van der Waals surface area contributed by atoms with Crippen molar-refractivity contribution < 1.29 is 12.8 Å². The van der Waals surface area contributed by atoms with Gasteiger partial charge in [0.2, 0.25) is 10.0 Å². The first-order chi connectivity index (χ1) is 9.95. The highest BCUT2D eigenvalue weighted by atomic mass is 32.2. The van der Waals surface area contributed by atoms with E-state index in [-0.39, 0.29) is 10.9 Å². The first-order valence-corrected chi connectivity index (χ1v) is 8.88. The van der Waals surface area contributed by atoms with Crippen molar-refractivity contribution in [3.05, 3.63) is 29.6 Å². The van der Waals surface area contributed by atoms with Crippen molar-refractivity contribution in [3.8, 4) is 0 Å². The molecule has 2 aliphatic heterocycles. The summed E-state index contributed by atoms with van der Waals surface area (Å²) in [6, 6.07) is 4.23. The Balaban J connectivity index is 2.00. The highest BCUT2D eigenvalue weighted by molar-refractivity contribution is 7.89. The second kappa shape index (κ2) is 5.34. The van der Waals surface area contributed by atoms with Gasteiger partial charge in [0.05, 0.1) is 0 Å². The van der Waals surface area contributed by atoms with E-state index in [9.17, 15) is 12.8 Å². The second-order valence-corrected chi connectivity index (χ2v) is 7.93. The van der Waals surface area contributed by atoms with Gasteiger partial charge in [0.25, 0.3) is 0 Å². The molecule has 3 rings (SSSR count). The molecule has 0 saturated carbocycles. The summed E-state index contributed by atoms with van der Waals surface area (Å²) in [5, 5.41) is 3.33. The molecule has 4 nitrogen and oxygen atoms in total. The molecule has 0 bridgehead atoms. The molecule has 0 aromatic heterocycles. The van der Waals surface area contributed by atoms with Crippen LogP contribution in [0, 0.1) is 24.6 Å². The number of hydrogen-bond acceptors (Lipinski definition) is 3. The molecule has 6 heteroatoms. The molecule has 3 unspecified atom stereocenters. The largest absolute Gasteiger partial charge is 0.316 e. The van der Waals surface area contributed by atoms with E-state index in [1.165, 1.54) is 16.4 Å². The van der Waals surface area contributed by atoms with E-state index >= 15 is 0 Å². The van der Waals surface area contributed by atoms with Crippen LogP contribution in [-0.4, -0.2) is 38.4 Å². The normalized spacial score (nSPS) is 29.8. The van der Waals surface area contributed by atoms with Crippen molar-refractivity contribution in [1.29, 1.82) is 0 Å². The minimum Gasteiger partial charge on any atom is -0.316 e. The van der Waals surface area contributed by atoms with Gasteiger partial charge in [-0.15, -0.1) is 0 Å². The summed E-state index contributed by atoms with van der Waals surface area (Å²) in [5.74, 6) is 0.0286. The Bertz CT molecular complexity index is 647. The lowest BCUT2D eigenvalue weighted by Crippen LogP contribution is -2.39. The van der Waals surface area contributed by atoms with Gasteiger partial charge in [-0.3, -0.25) is 0 Å². The highest BCUT2D eigenvalue weighted by Crippen LogP contribution is 2.38. The summed E-state index contributed by atoms with van der Waals surface area (Å²) in [6.07, 6.45) is 0.759. The van der Waals surface area contributed by atoms with Crippen molar-refractivity contribution in [2.24, 2.45) is 11.8 Å². The van der Waals surface area contributed by atoms with Crippen LogP contribution in [0.2, 0.25) is 0 Å². The molecule has 1 N–H and O–H groups in total. The predicted molar refractivity (Wildman–Crippen MR) is 79.0 cm³/mol. The highest BCUT2D eigenvalue weighted by Gasteiger charge is 2.48. The lowest BCUT2D eigenvalue weighted by atomic mass is 9.93. The fourth-order valence-corrected chi connectivity index (χ4v) is 5.65. The molecule has 0 aliphatic carbocycles. The summed E-state index contributed by atoms with van der Waals surface area (Å²) in [4.78, 5) is -0.186. The molecule has 0 spiro atoms. The third kappa shape index (κ3) is 2.39. The van der Waals surface area contributed by atoms with Gasteiger partial charge in [0, 0.05) is 12.6 Å². The van der Waals surface area contributed by atoms with E-state index in [1.54, 1.807) is 13.0 Å². The smallest absolute Gasteiger partial charge is 0.246 e. The molecule has 2 fully saturated rings. The number of aryl methyl sites for hydroxylation is 1. The van der Waals surface area contributed by atoms with Crippen molar-refractivity contribution in [2.75, 3.05) is 19.6 Å². The molecule has 2 aliphatic rings. The Morgan fingerprint density at radius 3 is 2.86 bits per heavy atom. The molecular weight excluding hydrogens is 291 g/mol. The monoisotopic (exact) mass is 312 g/mol. The number of hydrogen-bond donors (Lipinski definition) is 1. The van der Waals surface area contributed by atoms with E-state index < -0.39 is 15.8 Å². The summed E-state index contributed by atoms with van der Waals surface area (Å²) in [7, 11) is -3.76. The fourth-order valence-electron chi connectivity index (χ4n) is 3.70. The Kier molecular flexibility index (Phi) is 3.80. The molecule has 2 heterocycles. The standard InChI is InChI=1S/C15H21FN2O2S/c1-3-14-12-8-17-7-11(12)9-18(14)21(19,20)15-6-10(2)4-5-13(15)16/h4-6,11-12,14,17H,3,7-9H2,1-2H3. The quantitative estimate of drug-likeness (QED) is 0.925.